The molecule has 0 radical (unpaired) electrons. The van der Waals surface area contributed by atoms with E-state index in [-0.39, 0.29) is 5.91 Å². The third kappa shape index (κ3) is 3.09. The number of hydrogen-bond acceptors (Lipinski definition) is 3. The number of hydrogen-bond donors (Lipinski definition) is 1. The highest BCUT2D eigenvalue weighted by molar-refractivity contribution is 6.07. The van der Waals surface area contributed by atoms with Crippen molar-refractivity contribution in [3.8, 4) is 0 Å². The minimum Gasteiger partial charge on any atom is -0.385 e. The average molecular weight is 258 g/mol. The monoisotopic (exact) mass is 258 g/mol. The van der Waals surface area contributed by atoms with Crippen molar-refractivity contribution in [3.05, 3.63) is 41.7 Å². The van der Waals surface area contributed by atoms with Crippen molar-refractivity contribution in [2.24, 2.45) is 0 Å². The Morgan fingerprint density at radius 3 is 3.00 bits per heavy atom. The maximum absolute atomic E-state index is 12.2. The Morgan fingerprint density at radius 1 is 1.37 bits per heavy atom. The van der Waals surface area contributed by atoms with E-state index in [4.69, 9.17) is 4.74 Å². The molecule has 0 aliphatic heterocycles. The zero-order valence-electron chi connectivity index (χ0n) is 11.3. The SMILES string of the molecule is COCCCNC(=O)c1cncc2cccc(C)c12. The number of rotatable bonds is 5. The number of pyridine rings is 1. The van der Waals surface area contributed by atoms with Crippen LogP contribution in [0.4, 0.5) is 0 Å². The first-order valence-electron chi connectivity index (χ1n) is 6.34. The zero-order chi connectivity index (χ0) is 13.7. The summed E-state index contributed by atoms with van der Waals surface area (Å²) < 4.78 is 4.96. The van der Waals surface area contributed by atoms with Gasteiger partial charge < -0.3 is 10.1 Å². The molecule has 1 aromatic heterocycles. The van der Waals surface area contributed by atoms with Crippen LogP contribution in [0.25, 0.3) is 10.8 Å². The van der Waals surface area contributed by atoms with E-state index in [9.17, 15) is 4.79 Å². The third-order valence-electron chi connectivity index (χ3n) is 3.05. The normalized spacial score (nSPS) is 10.6. The number of ether oxygens (including phenoxy) is 1. The predicted molar refractivity (Wildman–Crippen MR) is 75.3 cm³/mol. The molecular formula is C15H18N2O2. The van der Waals surface area contributed by atoms with E-state index in [1.165, 1.54) is 0 Å². The number of carbonyl (C=O) groups excluding carboxylic acids is 1. The van der Waals surface area contributed by atoms with Crippen LogP contribution in [0.3, 0.4) is 0 Å². The number of carbonyl (C=O) groups is 1. The molecule has 100 valence electrons. The minimum absolute atomic E-state index is 0.0801. The van der Waals surface area contributed by atoms with Crippen molar-refractivity contribution in [2.75, 3.05) is 20.3 Å². The van der Waals surface area contributed by atoms with Gasteiger partial charge in [0.15, 0.2) is 0 Å². The molecule has 0 fully saturated rings. The van der Waals surface area contributed by atoms with Gasteiger partial charge in [-0.15, -0.1) is 0 Å². The lowest BCUT2D eigenvalue weighted by molar-refractivity contribution is 0.0950. The Morgan fingerprint density at radius 2 is 2.21 bits per heavy atom. The Labute approximate surface area is 112 Å². The Kier molecular flexibility index (Phi) is 4.47. The summed E-state index contributed by atoms with van der Waals surface area (Å²) in [5, 5.41) is 4.86. The van der Waals surface area contributed by atoms with Gasteiger partial charge in [0, 0.05) is 43.4 Å². The second kappa shape index (κ2) is 6.29. The molecule has 19 heavy (non-hydrogen) atoms. The lowest BCUT2D eigenvalue weighted by atomic mass is 10.0. The van der Waals surface area contributed by atoms with E-state index in [0.717, 1.165) is 22.8 Å². The molecule has 0 bridgehead atoms. The minimum atomic E-state index is -0.0801. The van der Waals surface area contributed by atoms with Gasteiger partial charge in [-0.1, -0.05) is 18.2 Å². The second-order valence-electron chi connectivity index (χ2n) is 4.46. The number of aryl methyl sites for hydroxylation is 1. The number of amides is 1. The average Bonchev–Trinajstić information content (AvgIpc) is 2.43. The zero-order valence-corrected chi connectivity index (χ0v) is 11.3. The lowest BCUT2D eigenvalue weighted by Crippen LogP contribution is -2.25. The van der Waals surface area contributed by atoms with Gasteiger partial charge >= 0.3 is 0 Å². The van der Waals surface area contributed by atoms with E-state index in [2.05, 4.69) is 10.3 Å². The maximum Gasteiger partial charge on any atom is 0.253 e. The molecule has 1 aromatic carbocycles. The number of methoxy groups -OCH3 is 1. The third-order valence-corrected chi connectivity index (χ3v) is 3.05. The number of fused-ring (bicyclic) bond motifs is 1. The molecule has 4 nitrogen and oxygen atoms in total. The summed E-state index contributed by atoms with van der Waals surface area (Å²) in [7, 11) is 1.65. The van der Waals surface area contributed by atoms with Gasteiger partial charge in [-0.05, 0) is 18.9 Å². The largest absolute Gasteiger partial charge is 0.385 e. The van der Waals surface area contributed by atoms with E-state index in [1.54, 1.807) is 19.5 Å². The maximum atomic E-state index is 12.2. The van der Waals surface area contributed by atoms with Crippen LogP contribution >= 0.6 is 0 Å². The van der Waals surface area contributed by atoms with Crippen molar-refractivity contribution in [1.82, 2.24) is 10.3 Å². The molecular weight excluding hydrogens is 240 g/mol. The van der Waals surface area contributed by atoms with Gasteiger partial charge in [0.25, 0.3) is 5.91 Å². The van der Waals surface area contributed by atoms with Gasteiger partial charge in [-0.25, -0.2) is 0 Å². The van der Waals surface area contributed by atoms with Gasteiger partial charge in [0.1, 0.15) is 0 Å². The van der Waals surface area contributed by atoms with Crippen LogP contribution in [0.1, 0.15) is 22.3 Å². The quantitative estimate of drug-likeness (QED) is 0.837. The molecule has 1 heterocycles. The highest BCUT2D eigenvalue weighted by Crippen LogP contribution is 2.21. The molecule has 0 aliphatic carbocycles. The molecule has 4 heteroatoms. The molecule has 0 saturated carbocycles. The van der Waals surface area contributed by atoms with Crippen molar-refractivity contribution >= 4 is 16.7 Å². The molecule has 0 atom stereocenters. The Balaban J connectivity index is 2.22. The van der Waals surface area contributed by atoms with Crippen LogP contribution in [0.2, 0.25) is 0 Å². The van der Waals surface area contributed by atoms with Crippen LogP contribution in [-0.4, -0.2) is 31.2 Å². The first kappa shape index (κ1) is 13.5. The molecule has 0 unspecified atom stereocenters. The summed E-state index contributed by atoms with van der Waals surface area (Å²) in [6.07, 6.45) is 4.21. The molecule has 2 rings (SSSR count). The van der Waals surface area contributed by atoms with Gasteiger partial charge in [0.05, 0.1) is 5.56 Å². The fraction of sp³-hybridized carbons (Fsp3) is 0.333. The molecule has 0 aliphatic rings. The summed E-state index contributed by atoms with van der Waals surface area (Å²) in [6.45, 7) is 3.26. The van der Waals surface area contributed by atoms with Crippen LogP contribution in [0, 0.1) is 6.92 Å². The van der Waals surface area contributed by atoms with Crippen molar-refractivity contribution in [3.63, 3.8) is 0 Å². The van der Waals surface area contributed by atoms with Crippen LogP contribution in [0.15, 0.2) is 30.6 Å². The van der Waals surface area contributed by atoms with E-state index in [0.29, 0.717) is 18.7 Å². The fourth-order valence-corrected chi connectivity index (χ4v) is 2.11. The topological polar surface area (TPSA) is 51.2 Å². The lowest BCUT2D eigenvalue weighted by Gasteiger charge is -2.09. The summed E-state index contributed by atoms with van der Waals surface area (Å²) in [6, 6.07) is 5.95. The van der Waals surface area contributed by atoms with Crippen molar-refractivity contribution in [1.29, 1.82) is 0 Å². The summed E-state index contributed by atoms with van der Waals surface area (Å²) in [5.74, 6) is -0.0801. The molecule has 0 spiro atoms. The smallest absolute Gasteiger partial charge is 0.253 e. The van der Waals surface area contributed by atoms with Gasteiger partial charge in [0.2, 0.25) is 0 Å². The Hall–Kier alpha value is -1.94. The first-order chi connectivity index (χ1) is 9.24. The number of nitrogens with zero attached hydrogens (tertiary/aromatic N) is 1. The molecule has 2 aromatic rings. The molecule has 0 saturated heterocycles. The predicted octanol–water partition coefficient (Wildman–Crippen LogP) is 2.31. The van der Waals surface area contributed by atoms with E-state index >= 15 is 0 Å². The molecule has 1 N–H and O–H groups in total. The van der Waals surface area contributed by atoms with Crippen molar-refractivity contribution in [2.45, 2.75) is 13.3 Å². The highest BCUT2D eigenvalue weighted by atomic mass is 16.5. The fourth-order valence-electron chi connectivity index (χ4n) is 2.11. The standard InChI is InChI=1S/C15H18N2O2/c1-11-5-3-6-12-9-16-10-13(14(11)12)15(18)17-7-4-8-19-2/h3,5-6,9-10H,4,7-8H2,1-2H3,(H,17,18). The highest BCUT2D eigenvalue weighted by Gasteiger charge is 2.11. The van der Waals surface area contributed by atoms with Crippen LogP contribution in [-0.2, 0) is 4.74 Å². The van der Waals surface area contributed by atoms with E-state index in [1.807, 2.05) is 25.1 Å². The number of aromatic nitrogens is 1. The number of benzene rings is 1. The summed E-state index contributed by atoms with van der Waals surface area (Å²) in [4.78, 5) is 16.3. The van der Waals surface area contributed by atoms with Crippen LogP contribution < -0.4 is 5.32 Å². The second-order valence-corrected chi connectivity index (χ2v) is 4.46. The van der Waals surface area contributed by atoms with E-state index < -0.39 is 0 Å². The molecule has 1 amide bonds. The Bertz CT molecular complexity index is 576. The van der Waals surface area contributed by atoms with Gasteiger partial charge in [-0.3, -0.25) is 9.78 Å². The summed E-state index contributed by atoms with van der Waals surface area (Å²) >= 11 is 0. The van der Waals surface area contributed by atoms with Crippen LogP contribution in [0.5, 0.6) is 0 Å². The van der Waals surface area contributed by atoms with Gasteiger partial charge in [-0.2, -0.15) is 0 Å². The first-order valence-corrected chi connectivity index (χ1v) is 6.34. The summed E-state index contributed by atoms with van der Waals surface area (Å²) in [5.41, 5.74) is 1.72. The van der Waals surface area contributed by atoms with Crippen molar-refractivity contribution < 1.29 is 9.53 Å². The number of nitrogens with one attached hydrogen (secondary N) is 1.